The Labute approximate surface area is 127 Å². The average molecular weight is 327 g/mol. The number of thiazole rings is 1. The molecular weight excluding hydrogens is 310 g/mol. The number of imidazole rings is 1. The Hall–Kier alpha value is -1.29. The second kappa shape index (κ2) is 5.84. The Balaban J connectivity index is 1.73. The van der Waals surface area contributed by atoms with Gasteiger partial charge in [-0.05, 0) is 0 Å². The third-order valence-corrected chi connectivity index (χ3v) is 4.87. The monoisotopic (exact) mass is 327 g/mol. The second-order valence-corrected chi connectivity index (χ2v) is 7.97. The number of fused-ring (bicyclic) bond motifs is 1. The number of sulfonamides is 1. The van der Waals surface area contributed by atoms with Crippen LogP contribution in [0.1, 0.15) is 16.7 Å². The highest BCUT2D eigenvalue weighted by Gasteiger charge is 2.25. The Kier molecular flexibility index (Phi) is 4.07. The van der Waals surface area contributed by atoms with Gasteiger partial charge in [-0.3, -0.25) is 4.90 Å². The molecule has 1 N–H and O–H groups in total. The minimum Gasteiger partial charge on any atom is -0.328 e. The summed E-state index contributed by atoms with van der Waals surface area (Å²) >= 11 is 1.63. The summed E-state index contributed by atoms with van der Waals surface area (Å²) in [6.07, 6.45) is 6.58. The lowest BCUT2D eigenvalue weighted by molar-refractivity contribution is 0.177. The van der Waals surface area contributed by atoms with Gasteiger partial charge in [-0.2, -0.15) is 0 Å². The van der Waals surface area contributed by atoms with Crippen molar-refractivity contribution in [1.29, 1.82) is 0 Å². The zero-order valence-electron chi connectivity index (χ0n) is 11.6. The van der Waals surface area contributed by atoms with Crippen LogP contribution in [-0.4, -0.2) is 47.2 Å². The number of aromatic nitrogens is 3. The van der Waals surface area contributed by atoms with Gasteiger partial charge in [0.05, 0.1) is 30.9 Å². The van der Waals surface area contributed by atoms with Gasteiger partial charge < -0.3 is 4.57 Å². The summed E-state index contributed by atoms with van der Waals surface area (Å²) in [6, 6.07) is 0.0472. The molecule has 1 aliphatic heterocycles. The predicted octanol–water partition coefficient (Wildman–Crippen LogP) is 0.446. The molecule has 3 rings (SSSR count). The van der Waals surface area contributed by atoms with Crippen LogP contribution < -0.4 is 4.72 Å². The zero-order valence-corrected chi connectivity index (χ0v) is 13.3. The largest absolute Gasteiger partial charge is 0.328 e. The van der Waals surface area contributed by atoms with Crippen LogP contribution >= 0.6 is 11.3 Å². The van der Waals surface area contributed by atoms with Crippen molar-refractivity contribution in [3.8, 4) is 0 Å². The van der Waals surface area contributed by atoms with Crippen molar-refractivity contribution in [3.63, 3.8) is 0 Å². The number of rotatable bonds is 5. The number of hydrogen-bond acceptors (Lipinski definition) is 6. The average Bonchev–Trinajstić information content (AvgIpc) is 3.05. The summed E-state index contributed by atoms with van der Waals surface area (Å²) in [4.78, 5) is 10.8. The fraction of sp³-hybridized carbons (Fsp3) is 0.500. The van der Waals surface area contributed by atoms with Crippen LogP contribution in [0.2, 0.25) is 0 Å². The molecule has 0 aliphatic carbocycles. The fourth-order valence-corrected chi connectivity index (χ4v) is 3.67. The molecule has 2 aromatic heterocycles. The molecule has 0 radical (unpaired) electrons. The summed E-state index contributed by atoms with van der Waals surface area (Å²) in [7, 11) is -3.19. The van der Waals surface area contributed by atoms with E-state index in [0.29, 0.717) is 6.54 Å². The predicted molar refractivity (Wildman–Crippen MR) is 80.3 cm³/mol. The lowest BCUT2D eigenvalue weighted by Gasteiger charge is -2.34. The van der Waals surface area contributed by atoms with Crippen LogP contribution in [0.5, 0.6) is 0 Å². The van der Waals surface area contributed by atoms with Crippen molar-refractivity contribution >= 4 is 21.4 Å². The Bertz CT molecular complexity index is 695. The highest BCUT2D eigenvalue weighted by atomic mass is 32.2. The maximum absolute atomic E-state index is 11.3. The van der Waals surface area contributed by atoms with Crippen molar-refractivity contribution in [2.75, 3.05) is 19.3 Å². The van der Waals surface area contributed by atoms with Crippen molar-refractivity contribution < 1.29 is 8.42 Å². The van der Waals surface area contributed by atoms with E-state index < -0.39 is 10.0 Å². The first-order valence-corrected chi connectivity index (χ1v) is 9.34. The van der Waals surface area contributed by atoms with Crippen LogP contribution in [0.15, 0.2) is 24.1 Å². The minimum absolute atomic E-state index is 0.0472. The van der Waals surface area contributed by atoms with Crippen LogP contribution in [0.4, 0.5) is 0 Å². The van der Waals surface area contributed by atoms with Gasteiger partial charge in [0.1, 0.15) is 5.01 Å². The van der Waals surface area contributed by atoms with Gasteiger partial charge in [0.25, 0.3) is 0 Å². The second-order valence-electron chi connectivity index (χ2n) is 5.16. The molecule has 0 unspecified atom stereocenters. The molecule has 0 saturated heterocycles. The van der Waals surface area contributed by atoms with E-state index in [1.54, 1.807) is 23.9 Å². The van der Waals surface area contributed by atoms with E-state index in [1.165, 1.54) is 6.26 Å². The molecule has 21 heavy (non-hydrogen) atoms. The standard InChI is InChI=1S/C12H17N5O2S2/c1-21(18,19)15-5-11-7-16(8-12-14-2-3-20-12)6-10-4-13-9-17(10)11/h2-4,9,11,15H,5-8H2,1H3/t11-/m1/s1. The summed E-state index contributed by atoms with van der Waals surface area (Å²) in [6.45, 7) is 2.72. The molecule has 2 aromatic rings. The van der Waals surface area contributed by atoms with E-state index in [2.05, 4.69) is 24.2 Å². The summed E-state index contributed by atoms with van der Waals surface area (Å²) in [5.74, 6) is 0. The van der Waals surface area contributed by atoms with Crippen LogP contribution in [0.3, 0.4) is 0 Å². The van der Waals surface area contributed by atoms with Gasteiger partial charge >= 0.3 is 0 Å². The molecular formula is C12H17N5O2S2. The molecule has 114 valence electrons. The quantitative estimate of drug-likeness (QED) is 0.862. The van der Waals surface area contributed by atoms with Gasteiger partial charge in [-0.25, -0.2) is 23.1 Å². The van der Waals surface area contributed by atoms with Gasteiger partial charge in [0, 0.05) is 37.4 Å². The molecule has 1 atom stereocenters. The molecule has 0 aromatic carbocycles. The lowest BCUT2D eigenvalue weighted by atomic mass is 10.2. The number of nitrogens with zero attached hydrogens (tertiary/aromatic N) is 4. The lowest BCUT2D eigenvalue weighted by Crippen LogP contribution is -2.41. The van der Waals surface area contributed by atoms with Crippen molar-refractivity contribution in [1.82, 2.24) is 24.2 Å². The Morgan fingerprint density at radius 1 is 1.52 bits per heavy atom. The van der Waals surface area contributed by atoms with Gasteiger partial charge in [-0.15, -0.1) is 11.3 Å². The van der Waals surface area contributed by atoms with E-state index in [1.807, 2.05) is 11.6 Å². The van der Waals surface area contributed by atoms with E-state index in [0.717, 1.165) is 30.3 Å². The van der Waals surface area contributed by atoms with Gasteiger partial charge in [0.15, 0.2) is 0 Å². The molecule has 1 aliphatic rings. The highest BCUT2D eigenvalue weighted by molar-refractivity contribution is 7.88. The van der Waals surface area contributed by atoms with Crippen LogP contribution in [0.25, 0.3) is 0 Å². The maximum atomic E-state index is 11.3. The van der Waals surface area contributed by atoms with E-state index in [9.17, 15) is 8.42 Å². The number of hydrogen-bond donors (Lipinski definition) is 1. The van der Waals surface area contributed by atoms with E-state index in [-0.39, 0.29) is 6.04 Å². The van der Waals surface area contributed by atoms with Crippen LogP contribution in [-0.2, 0) is 23.1 Å². The fourth-order valence-electron chi connectivity index (χ4n) is 2.52. The first-order valence-electron chi connectivity index (χ1n) is 6.57. The molecule has 0 saturated carbocycles. The van der Waals surface area contributed by atoms with E-state index in [4.69, 9.17) is 0 Å². The smallest absolute Gasteiger partial charge is 0.208 e. The SMILES string of the molecule is CS(=O)(=O)NC[C@@H]1CN(Cc2nccs2)Cc2cncn21. The van der Waals surface area contributed by atoms with Crippen molar-refractivity contribution in [2.45, 2.75) is 19.1 Å². The summed E-state index contributed by atoms with van der Waals surface area (Å²) in [5, 5.41) is 3.03. The maximum Gasteiger partial charge on any atom is 0.208 e. The number of nitrogens with one attached hydrogen (secondary N) is 1. The Morgan fingerprint density at radius 3 is 3.10 bits per heavy atom. The van der Waals surface area contributed by atoms with Gasteiger partial charge in [-0.1, -0.05) is 0 Å². The Morgan fingerprint density at radius 2 is 2.38 bits per heavy atom. The summed E-state index contributed by atoms with van der Waals surface area (Å²) < 4.78 is 27.2. The van der Waals surface area contributed by atoms with E-state index >= 15 is 0 Å². The summed E-state index contributed by atoms with van der Waals surface area (Å²) in [5.41, 5.74) is 1.10. The first kappa shape index (κ1) is 14.6. The molecule has 0 fully saturated rings. The highest BCUT2D eigenvalue weighted by Crippen LogP contribution is 2.22. The molecule has 0 amide bonds. The minimum atomic E-state index is -3.19. The van der Waals surface area contributed by atoms with Crippen LogP contribution in [0, 0.1) is 0 Å². The molecule has 0 bridgehead atoms. The molecule has 0 spiro atoms. The van der Waals surface area contributed by atoms with Crippen molar-refractivity contribution in [2.24, 2.45) is 0 Å². The normalized spacial score (nSPS) is 19.6. The third-order valence-electron chi connectivity index (χ3n) is 3.42. The topological polar surface area (TPSA) is 80.1 Å². The van der Waals surface area contributed by atoms with Crippen molar-refractivity contribution in [3.05, 3.63) is 34.8 Å². The third kappa shape index (κ3) is 3.67. The molecule has 3 heterocycles. The van der Waals surface area contributed by atoms with Gasteiger partial charge in [0.2, 0.25) is 10.0 Å². The molecule has 9 heteroatoms. The molecule has 7 nitrogen and oxygen atoms in total. The first-order chi connectivity index (χ1) is 10.0. The zero-order chi connectivity index (χ0) is 14.9.